The van der Waals surface area contributed by atoms with Crippen LogP contribution in [0.5, 0.6) is 0 Å². The largest absolute Gasteiger partial charge is 0.434 e. The fourth-order valence-corrected chi connectivity index (χ4v) is 2.83. The van der Waals surface area contributed by atoms with Crippen LogP contribution in [0.25, 0.3) is 22.6 Å². The first-order chi connectivity index (χ1) is 10.5. The molecule has 2 aromatic heterocycles. The molecule has 3 rings (SSSR count). The zero-order valence-electron chi connectivity index (χ0n) is 11.5. The molecule has 0 spiro atoms. The molecule has 22 heavy (non-hydrogen) atoms. The molecule has 0 radical (unpaired) electrons. The van der Waals surface area contributed by atoms with Crippen LogP contribution in [0.2, 0.25) is 0 Å². The van der Waals surface area contributed by atoms with Crippen LogP contribution >= 0.6 is 11.8 Å². The van der Waals surface area contributed by atoms with E-state index >= 15 is 0 Å². The van der Waals surface area contributed by atoms with Gasteiger partial charge in [-0.05, 0) is 24.0 Å². The Morgan fingerprint density at radius 1 is 1.23 bits per heavy atom. The van der Waals surface area contributed by atoms with Gasteiger partial charge in [-0.3, -0.25) is 0 Å². The van der Waals surface area contributed by atoms with Gasteiger partial charge in [-0.2, -0.15) is 13.2 Å². The van der Waals surface area contributed by atoms with Gasteiger partial charge in [0.05, 0.1) is 11.8 Å². The van der Waals surface area contributed by atoms with Gasteiger partial charge in [0.2, 0.25) is 5.89 Å². The first-order valence-electron chi connectivity index (χ1n) is 6.55. The lowest BCUT2D eigenvalue weighted by Crippen LogP contribution is -2.07. The van der Waals surface area contributed by atoms with Crippen LogP contribution in [-0.2, 0) is 6.18 Å². The number of halogens is 3. The number of fused-ring (bicyclic) bond motifs is 1. The number of nitrogens with zero attached hydrogens (tertiary/aromatic N) is 2. The van der Waals surface area contributed by atoms with Crippen molar-refractivity contribution >= 4 is 22.9 Å². The molecule has 0 atom stereocenters. The summed E-state index contributed by atoms with van der Waals surface area (Å²) in [5.41, 5.74) is 0.170. The van der Waals surface area contributed by atoms with E-state index in [4.69, 9.17) is 4.42 Å². The van der Waals surface area contributed by atoms with E-state index in [0.717, 1.165) is 28.5 Å². The Labute approximate surface area is 128 Å². The fourth-order valence-electron chi connectivity index (χ4n) is 2.03. The summed E-state index contributed by atoms with van der Waals surface area (Å²) < 4.78 is 43.6. The predicted octanol–water partition coefficient (Wildman–Crippen LogP) is 5.02. The molecule has 0 bridgehead atoms. The van der Waals surface area contributed by atoms with Crippen molar-refractivity contribution in [2.75, 3.05) is 5.75 Å². The second-order valence-corrected chi connectivity index (χ2v) is 5.79. The summed E-state index contributed by atoms with van der Waals surface area (Å²) in [5.74, 6) is 1.17. The number of benzene rings is 1. The van der Waals surface area contributed by atoms with E-state index in [9.17, 15) is 13.2 Å². The molecule has 0 fully saturated rings. The van der Waals surface area contributed by atoms with Crippen LogP contribution in [0.3, 0.4) is 0 Å². The van der Waals surface area contributed by atoms with Crippen LogP contribution in [0.15, 0.2) is 45.8 Å². The molecule has 1 aromatic carbocycles. The first-order valence-corrected chi connectivity index (χ1v) is 7.53. The summed E-state index contributed by atoms with van der Waals surface area (Å²) in [5, 5.41) is 0. The summed E-state index contributed by atoms with van der Waals surface area (Å²) in [4.78, 5) is 8.53. The second kappa shape index (κ2) is 5.64. The Morgan fingerprint density at radius 2 is 2.00 bits per heavy atom. The molecular formula is C15H11F3N2OS. The molecule has 114 valence electrons. The molecule has 0 N–H and O–H groups in total. The standard InChI is InChI=1S/C15H11F3N2OS/c1-2-22-12-6-4-3-5-9(12)14-20-10-7-13(15(16,17)18)19-8-11(10)21-14/h3-8H,2H2,1H3. The second-order valence-electron chi connectivity index (χ2n) is 4.48. The van der Waals surface area contributed by atoms with Crippen molar-refractivity contribution < 1.29 is 17.6 Å². The molecule has 0 aliphatic heterocycles. The van der Waals surface area contributed by atoms with Crippen molar-refractivity contribution in [1.82, 2.24) is 9.97 Å². The van der Waals surface area contributed by atoms with Gasteiger partial charge in [0.25, 0.3) is 0 Å². The van der Waals surface area contributed by atoms with Gasteiger partial charge < -0.3 is 4.42 Å². The van der Waals surface area contributed by atoms with E-state index < -0.39 is 11.9 Å². The van der Waals surface area contributed by atoms with Crippen molar-refractivity contribution in [3.8, 4) is 11.5 Å². The molecule has 3 nitrogen and oxygen atoms in total. The monoisotopic (exact) mass is 324 g/mol. The molecule has 0 aliphatic carbocycles. The highest BCUT2D eigenvalue weighted by atomic mass is 32.2. The SMILES string of the molecule is CCSc1ccccc1-c1nc2cc(C(F)(F)F)ncc2o1. The number of hydrogen-bond donors (Lipinski definition) is 0. The van der Waals surface area contributed by atoms with Crippen LogP contribution in [0.1, 0.15) is 12.6 Å². The van der Waals surface area contributed by atoms with E-state index in [-0.39, 0.29) is 11.1 Å². The van der Waals surface area contributed by atoms with Crippen LogP contribution in [0, 0.1) is 0 Å². The lowest BCUT2D eigenvalue weighted by atomic mass is 10.2. The average molecular weight is 324 g/mol. The van der Waals surface area contributed by atoms with E-state index in [1.807, 2.05) is 31.2 Å². The Balaban J connectivity index is 2.09. The minimum atomic E-state index is -4.50. The van der Waals surface area contributed by atoms with Crippen LogP contribution < -0.4 is 0 Å². The Morgan fingerprint density at radius 3 is 2.73 bits per heavy atom. The molecule has 0 unspecified atom stereocenters. The quantitative estimate of drug-likeness (QED) is 0.634. The van der Waals surface area contributed by atoms with Crippen molar-refractivity contribution in [2.24, 2.45) is 0 Å². The highest BCUT2D eigenvalue weighted by molar-refractivity contribution is 7.99. The van der Waals surface area contributed by atoms with Gasteiger partial charge in [0.15, 0.2) is 5.58 Å². The maximum Gasteiger partial charge on any atom is 0.433 e. The molecular weight excluding hydrogens is 313 g/mol. The maximum absolute atomic E-state index is 12.7. The van der Waals surface area contributed by atoms with Gasteiger partial charge in [0, 0.05) is 4.90 Å². The van der Waals surface area contributed by atoms with Crippen molar-refractivity contribution in [3.63, 3.8) is 0 Å². The number of oxazole rings is 1. The summed E-state index contributed by atoms with van der Waals surface area (Å²) in [7, 11) is 0. The summed E-state index contributed by atoms with van der Waals surface area (Å²) in [6.45, 7) is 2.02. The lowest BCUT2D eigenvalue weighted by Gasteiger charge is -2.03. The Kier molecular flexibility index (Phi) is 3.82. The molecule has 2 heterocycles. The van der Waals surface area contributed by atoms with E-state index in [2.05, 4.69) is 9.97 Å². The zero-order chi connectivity index (χ0) is 15.7. The molecule has 7 heteroatoms. The number of alkyl halides is 3. The highest BCUT2D eigenvalue weighted by Crippen LogP contribution is 2.34. The third kappa shape index (κ3) is 2.81. The third-order valence-electron chi connectivity index (χ3n) is 2.98. The van der Waals surface area contributed by atoms with E-state index in [0.29, 0.717) is 5.89 Å². The Bertz CT molecular complexity index is 814. The summed E-state index contributed by atoms with van der Waals surface area (Å²) >= 11 is 1.62. The smallest absolute Gasteiger partial charge is 0.433 e. The van der Waals surface area contributed by atoms with Crippen LogP contribution in [-0.4, -0.2) is 15.7 Å². The first kappa shape index (κ1) is 14.9. The van der Waals surface area contributed by atoms with Gasteiger partial charge in [-0.25, -0.2) is 9.97 Å². The number of hydrogen-bond acceptors (Lipinski definition) is 4. The number of pyridine rings is 1. The Hall–Kier alpha value is -2.02. The molecule has 0 saturated heterocycles. The van der Waals surface area contributed by atoms with Crippen molar-refractivity contribution in [2.45, 2.75) is 18.0 Å². The van der Waals surface area contributed by atoms with Crippen molar-refractivity contribution in [3.05, 3.63) is 42.2 Å². The van der Waals surface area contributed by atoms with Crippen LogP contribution in [0.4, 0.5) is 13.2 Å². The number of rotatable bonds is 3. The number of aromatic nitrogens is 2. The molecule has 0 amide bonds. The number of thioether (sulfide) groups is 1. The minimum absolute atomic E-state index is 0.147. The topological polar surface area (TPSA) is 38.9 Å². The van der Waals surface area contributed by atoms with Gasteiger partial charge in [-0.1, -0.05) is 19.1 Å². The van der Waals surface area contributed by atoms with Gasteiger partial charge in [0.1, 0.15) is 11.2 Å². The predicted molar refractivity (Wildman–Crippen MR) is 78.6 cm³/mol. The van der Waals surface area contributed by atoms with Crippen molar-refractivity contribution in [1.29, 1.82) is 0 Å². The zero-order valence-corrected chi connectivity index (χ0v) is 12.3. The third-order valence-corrected chi connectivity index (χ3v) is 3.94. The summed E-state index contributed by atoms with van der Waals surface area (Å²) in [6.07, 6.45) is -3.44. The van der Waals surface area contributed by atoms with E-state index in [1.54, 1.807) is 11.8 Å². The molecule has 0 saturated carbocycles. The average Bonchev–Trinajstić information content (AvgIpc) is 2.90. The van der Waals surface area contributed by atoms with Gasteiger partial charge >= 0.3 is 6.18 Å². The lowest BCUT2D eigenvalue weighted by molar-refractivity contribution is -0.141. The summed E-state index contributed by atoms with van der Waals surface area (Å²) in [6, 6.07) is 8.40. The highest BCUT2D eigenvalue weighted by Gasteiger charge is 2.33. The van der Waals surface area contributed by atoms with E-state index in [1.165, 1.54) is 0 Å². The molecule has 3 aromatic rings. The maximum atomic E-state index is 12.7. The van der Waals surface area contributed by atoms with Gasteiger partial charge in [-0.15, -0.1) is 11.8 Å². The molecule has 0 aliphatic rings. The minimum Gasteiger partial charge on any atom is -0.434 e. The fraction of sp³-hybridized carbons (Fsp3) is 0.200. The normalized spacial score (nSPS) is 12.0.